The number of nitrogens with zero attached hydrogens (tertiary/aromatic N) is 1. The zero-order valence-electron chi connectivity index (χ0n) is 14.1. The van der Waals surface area contributed by atoms with Crippen LogP contribution >= 0.6 is 0 Å². The Labute approximate surface area is 145 Å². The molecule has 0 bridgehead atoms. The average molecular weight is 341 g/mol. The van der Waals surface area contributed by atoms with E-state index < -0.39 is 0 Å². The molecule has 0 unspecified atom stereocenters. The lowest BCUT2D eigenvalue weighted by atomic mass is 10.1. The largest absolute Gasteiger partial charge is 0.493 e. The average Bonchev–Trinajstić information content (AvgIpc) is 3.34. The number of hydrogen-bond donors (Lipinski definition) is 0. The lowest BCUT2D eigenvalue weighted by Crippen LogP contribution is -2.29. The van der Waals surface area contributed by atoms with Gasteiger partial charge in [0, 0.05) is 6.54 Å². The third-order valence-electron chi connectivity index (χ3n) is 3.77. The van der Waals surface area contributed by atoms with E-state index >= 15 is 0 Å². The van der Waals surface area contributed by atoms with Gasteiger partial charge in [-0.05, 0) is 42.0 Å². The van der Waals surface area contributed by atoms with Crippen LogP contribution in [0.2, 0.25) is 0 Å². The van der Waals surface area contributed by atoms with Gasteiger partial charge in [0.15, 0.2) is 17.3 Å². The van der Waals surface area contributed by atoms with Gasteiger partial charge in [-0.1, -0.05) is 6.07 Å². The van der Waals surface area contributed by atoms with Crippen LogP contribution in [0.1, 0.15) is 21.9 Å². The van der Waals surface area contributed by atoms with Gasteiger partial charge in [-0.3, -0.25) is 4.79 Å². The molecular weight excluding hydrogens is 322 g/mol. The Morgan fingerprint density at radius 3 is 2.36 bits per heavy atom. The lowest BCUT2D eigenvalue weighted by Gasteiger charge is -2.21. The van der Waals surface area contributed by atoms with Gasteiger partial charge in [-0.2, -0.15) is 0 Å². The smallest absolute Gasteiger partial charge is 0.290 e. The van der Waals surface area contributed by atoms with Gasteiger partial charge in [-0.25, -0.2) is 0 Å². The minimum Gasteiger partial charge on any atom is -0.493 e. The van der Waals surface area contributed by atoms with Gasteiger partial charge >= 0.3 is 0 Å². The van der Waals surface area contributed by atoms with Crippen LogP contribution in [0.4, 0.5) is 0 Å². The number of carbonyl (C=O) groups is 1. The predicted molar refractivity (Wildman–Crippen MR) is 90.5 cm³/mol. The lowest BCUT2D eigenvalue weighted by molar-refractivity contribution is 0.0685. The van der Waals surface area contributed by atoms with E-state index in [1.165, 1.54) is 6.26 Å². The summed E-state index contributed by atoms with van der Waals surface area (Å²) in [5.74, 6) is 2.02. The minimum absolute atomic E-state index is 0.212. The fraction of sp³-hybridized carbons (Fsp3) is 0.211. The van der Waals surface area contributed by atoms with Gasteiger partial charge in [0.1, 0.15) is 5.76 Å². The summed E-state index contributed by atoms with van der Waals surface area (Å²) >= 11 is 0. The highest BCUT2D eigenvalue weighted by Crippen LogP contribution is 2.28. The van der Waals surface area contributed by atoms with Gasteiger partial charge in [-0.15, -0.1) is 0 Å². The van der Waals surface area contributed by atoms with Gasteiger partial charge < -0.3 is 23.2 Å². The molecule has 0 radical (unpaired) electrons. The zero-order valence-corrected chi connectivity index (χ0v) is 14.1. The molecule has 2 heterocycles. The number of methoxy groups -OCH3 is 2. The first kappa shape index (κ1) is 16.7. The number of benzene rings is 1. The van der Waals surface area contributed by atoms with Crippen LogP contribution in [0.5, 0.6) is 11.5 Å². The molecule has 6 heteroatoms. The highest BCUT2D eigenvalue weighted by molar-refractivity contribution is 5.91. The Hall–Kier alpha value is -3.15. The summed E-state index contributed by atoms with van der Waals surface area (Å²) in [6, 6.07) is 12.5. The molecule has 0 aliphatic rings. The van der Waals surface area contributed by atoms with Crippen molar-refractivity contribution in [3.63, 3.8) is 0 Å². The Kier molecular flexibility index (Phi) is 5.09. The molecule has 1 amide bonds. The first-order chi connectivity index (χ1) is 12.2. The highest BCUT2D eigenvalue weighted by atomic mass is 16.5. The molecule has 3 rings (SSSR count). The van der Waals surface area contributed by atoms with Crippen molar-refractivity contribution in [2.45, 2.75) is 13.1 Å². The van der Waals surface area contributed by atoms with Crippen molar-refractivity contribution in [2.24, 2.45) is 0 Å². The second-order valence-electron chi connectivity index (χ2n) is 5.41. The van der Waals surface area contributed by atoms with Crippen molar-refractivity contribution in [1.29, 1.82) is 0 Å². The van der Waals surface area contributed by atoms with E-state index in [-0.39, 0.29) is 11.7 Å². The number of rotatable bonds is 7. The molecular formula is C19H19NO5. The standard InChI is InChI=1S/C19H19NO5/c1-22-16-8-7-14(11-18(16)23-2)12-20(13-15-5-3-9-24-15)19(21)17-6-4-10-25-17/h3-11H,12-13H2,1-2H3. The summed E-state index contributed by atoms with van der Waals surface area (Å²) in [6.07, 6.45) is 3.07. The second kappa shape index (κ2) is 7.61. The summed E-state index contributed by atoms with van der Waals surface area (Å²) < 4.78 is 21.2. The molecule has 1 aromatic carbocycles. The van der Waals surface area contributed by atoms with Crippen molar-refractivity contribution in [3.05, 3.63) is 72.1 Å². The first-order valence-corrected chi connectivity index (χ1v) is 7.77. The van der Waals surface area contributed by atoms with Gasteiger partial charge in [0.2, 0.25) is 0 Å². The Balaban J connectivity index is 1.85. The van der Waals surface area contributed by atoms with Gasteiger partial charge in [0.25, 0.3) is 5.91 Å². The molecule has 0 N–H and O–H groups in total. The molecule has 0 atom stereocenters. The molecule has 0 aliphatic carbocycles. The molecule has 130 valence electrons. The summed E-state index contributed by atoms with van der Waals surface area (Å²) in [5, 5.41) is 0. The number of furan rings is 2. The third-order valence-corrected chi connectivity index (χ3v) is 3.77. The van der Waals surface area contributed by atoms with Crippen LogP contribution < -0.4 is 9.47 Å². The minimum atomic E-state index is -0.212. The molecule has 3 aromatic rings. The predicted octanol–water partition coefficient (Wildman–Crippen LogP) is 3.73. The molecule has 0 fully saturated rings. The normalized spacial score (nSPS) is 10.5. The zero-order chi connectivity index (χ0) is 17.6. The molecule has 25 heavy (non-hydrogen) atoms. The first-order valence-electron chi connectivity index (χ1n) is 7.77. The maximum absolute atomic E-state index is 12.7. The van der Waals surface area contributed by atoms with E-state index in [0.717, 1.165) is 5.56 Å². The van der Waals surface area contributed by atoms with Crippen molar-refractivity contribution in [1.82, 2.24) is 4.90 Å². The summed E-state index contributed by atoms with van der Waals surface area (Å²) in [7, 11) is 3.16. The third kappa shape index (κ3) is 3.85. The van der Waals surface area contributed by atoms with Crippen LogP contribution in [0.3, 0.4) is 0 Å². The summed E-state index contributed by atoms with van der Waals surface area (Å²) in [5.41, 5.74) is 0.907. The molecule has 0 saturated heterocycles. The fourth-order valence-electron chi connectivity index (χ4n) is 2.55. The quantitative estimate of drug-likeness (QED) is 0.655. The van der Waals surface area contributed by atoms with Crippen LogP contribution in [0, 0.1) is 0 Å². The van der Waals surface area contributed by atoms with E-state index in [4.69, 9.17) is 18.3 Å². The van der Waals surface area contributed by atoms with Crippen LogP contribution in [0.25, 0.3) is 0 Å². The highest BCUT2D eigenvalue weighted by Gasteiger charge is 2.20. The topological polar surface area (TPSA) is 65.0 Å². The Bertz CT molecular complexity index is 808. The van der Waals surface area contributed by atoms with Crippen molar-refractivity contribution in [3.8, 4) is 11.5 Å². The van der Waals surface area contributed by atoms with E-state index in [1.807, 2.05) is 24.3 Å². The summed E-state index contributed by atoms with van der Waals surface area (Å²) in [6.45, 7) is 0.710. The van der Waals surface area contributed by atoms with Crippen molar-refractivity contribution < 1.29 is 23.1 Å². The summed E-state index contributed by atoms with van der Waals surface area (Å²) in [4.78, 5) is 14.4. The SMILES string of the molecule is COc1ccc(CN(Cc2ccco2)C(=O)c2ccco2)cc1OC. The maximum atomic E-state index is 12.7. The molecule has 0 saturated carbocycles. The number of hydrogen-bond acceptors (Lipinski definition) is 5. The van der Waals surface area contributed by atoms with E-state index in [9.17, 15) is 4.79 Å². The van der Waals surface area contributed by atoms with E-state index in [0.29, 0.717) is 30.3 Å². The number of amides is 1. The van der Waals surface area contributed by atoms with E-state index in [1.54, 1.807) is 43.6 Å². The molecule has 0 spiro atoms. The number of carbonyl (C=O) groups excluding carboxylic acids is 1. The van der Waals surface area contributed by atoms with Crippen LogP contribution in [-0.2, 0) is 13.1 Å². The van der Waals surface area contributed by atoms with Gasteiger partial charge in [0.05, 0.1) is 33.3 Å². The molecule has 2 aromatic heterocycles. The van der Waals surface area contributed by atoms with Crippen LogP contribution in [-0.4, -0.2) is 25.0 Å². The fourth-order valence-corrected chi connectivity index (χ4v) is 2.55. The van der Waals surface area contributed by atoms with Crippen LogP contribution in [0.15, 0.2) is 63.8 Å². The van der Waals surface area contributed by atoms with E-state index in [2.05, 4.69) is 0 Å². The second-order valence-corrected chi connectivity index (χ2v) is 5.41. The number of ether oxygens (including phenoxy) is 2. The Morgan fingerprint density at radius 2 is 1.72 bits per heavy atom. The monoisotopic (exact) mass is 341 g/mol. The molecule has 0 aliphatic heterocycles. The Morgan fingerprint density at radius 1 is 0.960 bits per heavy atom. The van der Waals surface area contributed by atoms with Crippen molar-refractivity contribution >= 4 is 5.91 Å². The molecule has 6 nitrogen and oxygen atoms in total. The maximum Gasteiger partial charge on any atom is 0.290 e. The van der Waals surface area contributed by atoms with Crippen molar-refractivity contribution in [2.75, 3.05) is 14.2 Å².